The fourth-order valence-corrected chi connectivity index (χ4v) is 2.00. The average molecular weight is 235 g/mol. The average Bonchev–Trinajstić information content (AvgIpc) is 2.77. The Morgan fingerprint density at radius 1 is 1.35 bits per heavy atom. The summed E-state index contributed by atoms with van der Waals surface area (Å²) < 4.78 is 11.0. The second-order valence-electron chi connectivity index (χ2n) is 4.83. The largest absolute Gasteiger partial charge is 0.379 e. The second kappa shape index (κ2) is 6.15. The molecule has 17 heavy (non-hydrogen) atoms. The first-order chi connectivity index (χ1) is 8.29. The summed E-state index contributed by atoms with van der Waals surface area (Å²) in [6, 6.07) is 10.3. The van der Waals surface area contributed by atoms with E-state index in [0.29, 0.717) is 6.61 Å². The Labute approximate surface area is 103 Å². The van der Waals surface area contributed by atoms with Gasteiger partial charge in [-0.1, -0.05) is 30.3 Å². The molecule has 1 aliphatic heterocycles. The lowest BCUT2D eigenvalue weighted by atomic mass is 10.0. The molecule has 1 N–H and O–H groups in total. The van der Waals surface area contributed by atoms with Crippen molar-refractivity contribution in [3.8, 4) is 0 Å². The van der Waals surface area contributed by atoms with Crippen LogP contribution in [0.2, 0.25) is 0 Å². The molecule has 0 radical (unpaired) electrons. The summed E-state index contributed by atoms with van der Waals surface area (Å²) in [5, 5.41) is 3.49. The lowest BCUT2D eigenvalue weighted by molar-refractivity contribution is 0.112. The van der Waals surface area contributed by atoms with Gasteiger partial charge in [0.25, 0.3) is 0 Å². The van der Waals surface area contributed by atoms with E-state index >= 15 is 0 Å². The summed E-state index contributed by atoms with van der Waals surface area (Å²) in [6.45, 7) is 6.20. The fourth-order valence-electron chi connectivity index (χ4n) is 2.00. The Balaban J connectivity index is 1.58. The molecular formula is C14H21NO2. The van der Waals surface area contributed by atoms with E-state index in [1.165, 1.54) is 5.56 Å². The van der Waals surface area contributed by atoms with E-state index in [9.17, 15) is 0 Å². The Morgan fingerprint density at radius 2 is 2.18 bits per heavy atom. The van der Waals surface area contributed by atoms with E-state index in [1.807, 2.05) is 18.2 Å². The van der Waals surface area contributed by atoms with Gasteiger partial charge in [-0.3, -0.25) is 0 Å². The lowest BCUT2D eigenvalue weighted by Crippen LogP contribution is -2.44. The second-order valence-corrected chi connectivity index (χ2v) is 4.83. The van der Waals surface area contributed by atoms with Crippen LogP contribution >= 0.6 is 0 Å². The summed E-state index contributed by atoms with van der Waals surface area (Å²) in [5.74, 6) is 0. The quantitative estimate of drug-likeness (QED) is 0.765. The van der Waals surface area contributed by atoms with Crippen LogP contribution in [0.1, 0.15) is 18.9 Å². The summed E-state index contributed by atoms with van der Waals surface area (Å²) in [6.07, 6.45) is 1.09. The van der Waals surface area contributed by atoms with Gasteiger partial charge in [-0.25, -0.2) is 0 Å². The summed E-state index contributed by atoms with van der Waals surface area (Å²) in [5.41, 5.74) is 1.37. The molecule has 1 fully saturated rings. The molecule has 3 heteroatoms. The highest BCUT2D eigenvalue weighted by atomic mass is 16.5. The molecule has 3 nitrogen and oxygen atoms in total. The van der Waals surface area contributed by atoms with Crippen LogP contribution in [0.4, 0.5) is 0 Å². The van der Waals surface area contributed by atoms with Crippen LogP contribution < -0.4 is 5.32 Å². The molecule has 1 aromatic rings. The Morgan fingerprint density at radius 3 is 2.88 bits per heavy atom. The van der Waals surface area contributed by atoms with Crippen molar-refractivity contribution >= 4 is 0 Å². The van der Waals surface area contributed by atoms with Gasteiger partial charge in [-0.05, 0) is 18.9 Å². The first kappa shape index (κ1) is 12.6. The number of benzene rings is 1. The van der Waals surface area contributed by atoms with Crippen LogP contribution in [-0.4, -0.2) is 31.9 Å². The van der Waals surface area contributed by atoms with Crippen molar-refractivity contribution in [2.45, 2.75) is 25.5 Å². The van der Waals surface area contributed by atoms with Crippen LogP contribution in [0.15, 0.2) is 30.3 Å². The third kappa shape index (κ3) is 4.11. The topological polar surface area (TPSA) is 30.5 Å². The Bertz CT molecular complexity index is 320. The Hall–Kier alpha value is -0.900. The first-order valence-electron chi connectivity index (χ1n) is 6.23. The van der Waals surface area contributed by atoms with Gasteiger partial charge in [0.1, 0.15) is 0 Å². The van der Waals surface area contributed by atoms with Gasteiger partial charge in [0.2, 0.25) is 0 Å². The van der Waals surface area contributed by atoms with E-state index in [4.69, 9.17) is 9.47 Å². The maximum atomic E-state index is 5.62. The van der Waals surface area contributed by atoms with Crippen molar-refractivity contribution in [2.24, 2.45) is 0 Å². The molecule has 0 saturated carbocycles. The lowest BCUT2D eigenvalue weighted by Gasteiger charge is -2.23. The molecule has 1 aromatic carbocycles. The normalized spacial score (nSPS) is 24.1. The highest BCUT2D eigenvalue weighted by Crippen LogP contribution is 2.16. The highest BCUT2D eigenvalue weighted by molar-refractivity contribution is 5.13. The zero-order chi connectivity index (χ0) is 12.0. The maximum absolute atomic E-state index is 5.62. The molecule has 0 aromatic heterocycles. The molecule has 0 bridgehead atoms. The number of hydrogen-bond acceptors (Lipinski definition) is 3. The Kier molecular flexibility index (Phi) is 4.54. The predicted molar refractivity (Wildman–Crippen MR) is 67.9 cm³/mol. The number of rotatable bonds is 6. The van der Waals surface area contributed by atoms with Gasteiger partial charge in [0, 0.05) is 18.7 Å². The first-order valence-corrected chi connectivity index (χ1v) is 6.23. The van der Waals surface area contributed by atoms with E-state index < -0.39 is 0 Å². The van der Waals surface area contributed by atoms with Gasteiger partial charge in [-0.15, -0.1) is 0 Å². The molecule has 0 spiro atoms. The summed E-state index contributed by atoms with van der Waals surface area (Å²) in [7, 11) is 0. The van der Waals surface area contributed by atoms with Gasteiger partial charge in [0.05, 0.1) is 19.8 Å². The summed E-state index contributed by atoms with van der Waals surface area (Å²) in [4.78, 5) is 0. The van der Waals surface area contributed by atoms with Crippen molar-refractivity contribution < 1.29 is 9.47 Å². The van der Waals surface area contributed by atoms with Gasteiger partial charge < -0.3 is 14.8 Å². The van der Waals surface area contributed by atoms with E-state index in [1.54, 1.807) is 0 Å². The molecule has 0 amide bonds. The zero-order valence-corrected chi connectivity index (χ0v) is 10.4. The van der Waals surface area contributed by atoms with Crippen LogP contribution in [-0.2, 0) is 16.1 Å². The minimum atomic E-state index is 0.149. The summed E-state index contributed by atoms with van der Waals surface area (Å²) >= 11 is 0. The molecule has 1 unspecified atom stereocenters. The highest BCUT2D eigenvalue weighted by Gasteiger charge is 2.28. The van der Waals surface area contributed by atoms with Crippen molar-refractivity contribution in [2.75, 3.05) is 26.4 Å². The predicted octanol–water partition coefficient (Wildman–Crippen LogP) is 1.97. The molecule has 0 aliphatic carbocycles. The van der Waals surface area contributed by atoms with E-state index in [2.05, 4.69) is 24.4 Å². The van der Waals surface area contributed by atoms with Crippen LogP contribution in [0.3, 0.4) is 0 Å². The SMILES string of the molecule is CC1(NCCOCc2ccccc2)CCOC1. The number of nitrogens with one attached hydrogen (secondary N) is 1. The smallest absolute Gasteiger partial charge is 0.0717 e. The van der Waals surface area contributed by atoms with Crippen LogP contribution in [0.25, 0.3) is 0 Å². The maximum Gasteiger partial charge on any atom is 0.0717 e. The molecule has 94 valence electrons. The molecule has 1 heterocycles. The van der Waals surface area contributed by atoms with Crippen LogP contribution in [0, 0.1) is 0 Å². The van der Waals surface area contributed by atoms with Crippen molar-refractivity contribution in [1.82, 2.24) is 5.32 Å². The third-order valence-electron chi connectivity index (χ3n) is 3.13. The van der Waals surface area contributed by atoms with Gasteiger partial charge in [-0.2, -0.15) is 0 Å². The zero-order valence-electron chi connectivity index (χ0n) is 10.4. The minimum absolute atomic E-state index is 0.149. The molecule has 2 rings (SSSR count). The van der Waals surface area contributed by atoms with E-state index in [0.717, 1.165) is 32.8 Å². The van der Waals surface area contributed by atoms with Crippen molar-refractivity contribution in [3.63, 3.8) is 0 Å². The minimum Gasteiger partial charge on any atom is -0.379 e. The monoisotopic (exact) mass is 235 g/mol. The van der Waals surface area contributed by atoms with Gasteiger partial charge in [0.15, 0.2) is 0 Å². The number of ether oxygens (including phenoxy) is 2. The molecule has 1 aliphatic rings. The van der Waals surface area contributed by atoms with Crippen molar-refractivity contribution in [3.05, 3.63) is 35.9 Å². The molecular weight excluding hydrogens is 214 g/mol. The fraction of sp³-hybridized carbons (Fsp3) is 0.571. The van der Waals surface area contributed by atoms with Gasteiger partial charge >= 0.3 is 0 Å². The molecule has 1 atom stereocenters. The number of hydrogen-bond donors (Lipinski definition) is 1. The third-order valence-corrected chi connectivity index (χ3v) is 3.13. The van der Waals surface area contributed by atoms with E-state index in [-0.39, 0.29) is 5.54 Å². The standard InChI is InChI=1S/C14H21NO2/c1-14(7-9-17-12-14)15-8-10-16-11-13-5-3-2-4-6-13/h2-6,15H,7-12H2,1H3. The van der Waals surface area contributed by atoms with Crippen LogP contribution in [0.5, 0.6) is 0 Å². The van der Waals surface area contributed by atoms with Crippen molar-refractivity contribution in [1.29, 1.82) is 0 Å². The molecule has 1 saturated heterocycles.